The molecular weight excluding hydrogens is 194 g/mol. The molecule has 82 valence electrons. The molecule has 0 bridgehead atoms. The van der Waals surface area contributed by atoms with Crippen LogP contribution in [0.3, 0.4) is 0 Å². The molecule has 1 atom stereocenters. The number of carbonyl (C=O) groups is 1. The summed E-state index contributed by atoms with van der Waals surface area (Å²) in [6.07, 6.45) is -0.700. The average molecular weight is 209 g/mol. The summed E-state index contributed by atoms with van der Waals surface area (Å²) in [5, 5.41) is 2.40. The van der Waals surface area contributed by atoms with Crippen LogP contribution in [0.2, 0.25) is 0 Å². The van der Waals surface area contributed by atoms with E-state index < -0.39 is 6.09 Å². The SMILES string of the molecule is CNC(=O)O[C@H](C)c1ccc(OC)cc1. The van der Waals surface area contributed by atoms with Crippen molar-refractivity contribution in [2.24, 2.45) is 0 Å². The van der Waals surface area contributed by atoms with Gasteiger partial charge in [0.15, 0.2) is 0 Å². The summed E-state index contributed by atoms with van der Waals surface area (Å²) in [5.41, 5.74) is 0.930. The van der Waals surface area contributed by atoms with Gasteiger partial charge < -0.3 is 14.8 Å². The second-order valence-corrected chi connectivity index (χ2v) is 3.07. The normalized spacial score (nSPS) is 11.7. The molecule has 1 aromatic rings. The van der Waals surface area contributed by atoms with Crippen LogP contribution >= 0.6 is 0 Å². The maximum absolute atomic E-state index is 11.0. The lowest BCUT2D eigenvalue weighted by molar-refractivity contribution is 0.109. The fourth-order valence-corrected chi connectivity index (χ4v) is 1.16. The van der Waals surface area contributed by atoms with Gasteiger partial charge in [-0.2, -0.15) is 0 Å². The summed E-state index contributed by atoms with van der Waals surface area (Å²) >= 11 is 0. The van der Waals surface area contributed by atoms with Crippen molar-refractivity contribution in [1.29, 1.82) is 0 Å². The third-order valence-electron chi connectivity index (χ3n) is 2.07. The molecule has 4 heteroatoms. The van der Waals surface area contributed by atoms with Gasteiger partial charge in [0.2, 0.25) is 0 Å². The van der Waals surface area contributed by atoms with E-state index in [0.29, 0.717) is 0 Å². The fourth-order valence-electron chi connectivity index (χ4n) is 1.16. The van der Waals surface area contributed by atoms with Crippen molar-refractivity contribution in [2.45, 2.75) is 13.0 Å². The molecule has 1 amide bonds. The van der Waals surface area contributed by atoms with Crippen molar-refractivity contribution in [1.82, 2.24) is 5.32 Å². The number of carbonyl (C=O) groups excluding carboxylic acids is 1. The lowest BCUT2D eigenvalue weighted by atomic mass is 10.1. The zero-order valence-corrected chi connectivity index (χ0v) is 9.11. The van der Waals surface area contributed by atoms with Crippen molar-refractivity contribution in [3.05, 3.63) is 29.8 Å². The van der Waals surface area contributed by atoms with Gasteiger partial charge in [0.05, 0.1) is 7.11 Å². The van der Waals surface area contributed by atoms with Gasteiger partial charge >= 0.3 is 6.09 Å². The largest absolute Gasteiger partial charge is 0.497 e. The number of hydrogen-bond donors (Lipinski definition) is 1. The molecule has 0 spiro atoms. The smallest absolute Gasteiger partial charge is 0.407 e. The van der Waals surface area contributed by atoms with E-state index in [1.54, 1.807) is 7.11 Å². The van der Waals surface area contributed by atoms with Crippen molar-refractivity contribution < 1.29 is 14.3 Å². The molecule has 0 aliphatic carbocycles. The topological polar surface area (TPSA) is 47.6 Å². The number of hydrogen-bond acceptors (Lipinski definition) is 3. The standard InChI is InChI=1S/C11H15NO3/c1-8(15-11(13)12-2)9-4-6-10(14-3)7-5-9/h4-8H,1-3H3,(H,12,13)/t8-/m1/s1. The van der Waals surface area contributed by atoms with Crippen LogP contribution in [0, 0.1) is 0 Å². The first-order valence-electron chi connectivity index (χ1n) is 4.69. The van der Waals surface area contributed by atoms with Gasteiger partial charge in [-0.25, -0.2) is 4.79 Å². The molecule has 0 aromatic heterocycles. The highest BCUT2D eigenvalue weighted by molar-refractivity contribution is 5.67. The number of alkyl carbamates (subject to hydrolysis) is 1. The number of rotatable bonds is 3. The van der Waals surface area contributed by atoms with E-state index in [1.807, 2.05) is 31.2 Å². The van der Waals surface area contributed by atoms with Crippen molar-refractivity contribution in [3.63, 3.8) is 0 Å². The molecule has 1 rings (SSSR count). The van der Waals surface area contributed by atoms with Crippen LogP contribution in [-0.2, 0) is 4.74 Å². The third kappa shape index (κ3) is 3.16. The van der Waals surface area contributed by atoms with Crippen LogP contribution < -0.4 is 10.1 Å². The summed E-state index contributed by atoms with van der Waals surface area (Å²) < 4.78 is 10.1. The van der Waals surface area contributed by atoms with Crippen LogP contribution in [0.15, 0.2) is 24.3 Å². The predicted molar refractivity (Wildman–Crippen MR) is 56.9 cm³/mol. The number of benzene rings is 1. The Morgan fingerprint density at radius 1 is 1.33 bits per heavy atom. The fraction of sp³-hybridized carbons (Fsp3) is 0.364. The Balaban J connectivity index is 2.65. The number of amides is 1. The Bertz CT molecular complexity index is 321. The van der Waals surface area contributed by atoms with Crippen LogP contribution in [0.5, 0.6) is 5.75 Å². The molecule has 0 saturated heterocycles. The van der Waals surface area contributed by atoms with Gasteiger partial charge in [0, 0.05) is 7.05 Å². The predicted octanol–water partition coefficient (Wildman–Crippen LogP) is 2.11. The Labute approximate surface area is 89.2 Å². The van der Waals surface area contributed by atoms with Crippen LogP contribution in [0.25, 0.3) is 0 Å². The van der Waals surface area contributed by atoms with E-state index in [0.717, 1.165) is 11.3 Å². The highest BCUT2D eigenvalue weighted by Crippen LogP contribution is 2.19. The van der Waals surface area contributed by atoms with Crippen molar-refractivity contribution in [3.8, 4) is 5.75 Å². The summed E-state index contributed by atoms with van der Waals surface area (Å²) in [4.78, 5) is 11.0. The first-order chi connectivity index (χ1) is 7.17. The van der Waals surface area contributed by atoms with Crippen molar-refractivity contribution in [2.75, 3.05) is 14.2 Å². The number of nitrogens with one attached hydrogen (secondary N) is 1. The highest BCUT2D eigenvalue weighted by Gasteiger charge is 2.09. The molecule has 0 saturated carbocycles. The minimum absolute atomic E-state index is 0.268. The molecule has 4 nitrogen and oxygen atoms in total. The average Bonchev–Trinajstić information content (AvgIpc) is 2.29. The Kier molecular flexibility index (Phi) is 3.97. The van der Waals surface area contributed by atoms with Crippen molar-refractivity contribution >= 4 is 6.09 Å². The van der Waals surface area contributed by atoms with Gasteiger partial charge in [0.1, 0.15) is 11.9 Å². The van der Waals surface area contributed by atoms with E-state index in [1.165, 1.54) is 7.05 Å². The summed E-state index contributed by atoms with van der Waals surface area (Å²) in [5.74, 6) is 0.783. The molecule has 0 heterocycles. The van der Waals surface area contributed by atoms with E-state index in [2.05, 4.69) is 5.32 Å². The summed E-state index contributed by atoms with van der Waals surface area (Å²) in [6, 6.07) is 7.40. The summed E-state index contributed by atoms with van der Waals surface area (Å²) in [7, 11) is 3.14. The zero-order valence-electron chi connectivity index (χ0n) is 9.11. The second kappa shape index (κ2) is 5.24. The molecule has 0 unspecified atom stereocenters. The molecular formula is C11H15NO3. The van der Waals surface area contributed by atoms with Gasteiger partial charge in [0.25, 0.3) is 0 Å². The maximum atomic E-state index is 11.0. The van der Waals surface area contributed by atoms with E-state index >= 15 is 0 Å². The van der Waals surface area contributed by atoms with E-state index in [4.69, 9.17) is 9.47 Å². The molecule has 1 aromatic carbocycles. The minimum atomic E-state index is -0.432. The van der Waals surface area contributed by atoms with Gasteiger partial charge in [-0.15, -0.1) is 0 Å². The quantitative estimate of drug-likeness (QED) is 0.829. The number of ether oxygens (including phenoxy) is 2. The first-order valence-corrected chi connectivity index (χ1v) is 4.69. The zero-order chi connectivity index (χ0) is 11.3. The molecule has 0 radical (unpaired) electrons. The van der Waals surface area contributed by atoms with Crippen LogP contribution in [-0.4, -0.2) is 20.3 Å². The molecule has 0 aliphatic heterocycles. The third-order valence-corrected chi connectivity index (χ3v) is 2.07. The van der Waals surface area contributed by atoms with E-state index in [-0.39, 0.29) is 6.10 Å². The number of methoxy groups -OCH3 is 1. The molecule has 15 heavy (non-hydrogen) atoms. The van der Waals surface area contributed by atoms with Gasteiger partial charge in [-0.1, -0.05) is 12.1 Å². The monoisotopic (exact) mass is 209 g/mol. The van der Waals surface area contributed by atoms with Gasteiger partial charge in [-0.05, 0) is 24.6 Å². The maximum Gasteiger partial charge on any atom is 0.407 e. The Hall–Kier alpha value is -1.71. The molecule has 0 aliphatic rings. The highest BCUT2D eigenvalue weighted by atomic mass is 16.6. The van der Waals surface area contributed by atoms with Crippen LogP contribution in [0.4, 0.5) is 4.79 Å². The second-order valence-electron chi connectivity index (χ2n) is 3.07. The first kappa shape index (κ1) is 11.4. The van der Waals surface area contributed by atoms with E-state index in [9.17, 15) is 4.79 Å². The summed E-state index contributed by atoms with van der Waals surface area (Å²) in [6.45, 7) is 1.82. The Morgan fingerprint density at radius 3 is 2.40 bits per heavy atom. The lowest BCUT2D eigenvalue weighted by Crippen LogP contribution is -2.20. The minimum Gasteiger partial charge on any atom is -0.497 e. The lowest BCUT2D eigenvalue weighted by Gasteiger charge is -2.13. The molecule has 1 N–H and O–H groups in total. The van der Waals surface area contributed by atoms with Crippen LogP contribution in [0.1, 0.15) is 18.6 Å². The van der Waals surface area contributed by atoms with Gasteiger partial charge in [-0.3, -0.25) is 0 Å². The Morgan fingerprint density at radius 2 is 1.93 bits per heavy atom. The molecule has 0 fully saturated rings.